The number of nitriles is 1. The zero-order valence-corrected chi connectivity index (χ0v) is 15.3. The SMILES string of the molecule is CCOC(=O)C1=C(C)NC(c2ccco2)=C(C#N)C1c1cccc([N+](=O)[O-])c1. The molecule has 1 N–H and O–H groups in total. The molecule has 1 aromatic carbocycles. The summed E-state index contributed by atoms with van der Waals surface area (Å²) in [4.78, 5) is 23.4. The number of nitro groups is 1. The lowest BCUT2D eigenvalue weighted by Crippen LogP contribution is -2.29. The van der Waals surface area contributed by atoms with Crippen molar-refractivity contribution in [3.63, 3.8) is 0 Å². The number of benzene rings is 1. The Kier molecular flexibility index (Phi) is 5.27. The summed E-state index contributed by atoms with van der Waals surface area (Å²) in [6.45, 7) is 3.53. The van der Waals surface area contributed by atoms with E-state index in [0.717, 1.165) is 0 Å². The van der Waals surface area contributed by atoms with Crippen molar-refractivity contribution in [3.8, 4) is 6.07 Å². The summed E-state index contributed by atoms with van der Waals surface area (Å²) in [6.07, 6.45) is 1.47. The Morgan fingerprint density at radius 3 is 2.79 bits per heavy atom. The number of allylic oxidation sites excluding steroid dienone is 2. The van der Waals surface area contributed by atoms with E-state index >= 15 is 0 Å². The van der Waals surface area contributed by atoms with Crippen molar-refractivity contribution < 1.29 is 18.9 Å². The molecule has 1 aliphatic heterocycles. The number of nitro benzene ring substituents is 1. The minimum Gasteiger partial charge on any atom is -0.463 e. The number of ether oxygens (including phenoxy) is 1. The van der Waals surface area contributed by atoms with Gasteiger partial charge in [-0.1, -0.05) is 12.1 Å². The lowest BCUT2D eigenvalue weighted by Gasteiger charge is -2.28. The molecule has 28 heavy (non-hydrogen) atoms. The predicted molar refractivity (Wildman–Crippen MR) is 99.5 cm³/mol. The van der Waals surface area contributed by atoms with Crippen molar-refractivity contribution in [1.82, 2.24) is 5.32 Å². The zero-order chi connectivity index (χ0) is 20.3. The molecule has 0 bridgehead atoms. The number of hydrogen-bond acceptors (Lipinski definition) is 7. The molecule has 0 aliphatic carbocycles. The van der Waals surface area contributed by atoms with E-state index in [9.17, 15) is 20.2 Å². The first-order valence-corrected chi connectivity index (χ1v) is 8.55. The van der Waals surface area contributed by atoms with E-state index < -0.39 is 16.8 Å². The fourth-order valence-electron chi connectivity index (χ4n) is 3.19. The van der Waals surface area contributed by atoms with Crippen LogP contribution in [0, 0.1) is 21.4 Å². The number of dihydropyridines is 1. The summed E-state index contributed by atoms with van der Waals surface area (Å²) >= 11 is 0. The molecular weight excluding hydrogens is 362 g/mol. The largest absolute Gasteiger partial charge is 0.463 e. The molecule has 2 heterocycles. The molecule has 0 amide bonds. The number of esters is 1. The molecule has 8 nitrogen and oxygen atoms in total. The van der Waals surface area contributed by atoms with Crippen molar-refractivity contribution >= 4 is 17.4 Å². The van der Waals surface area contributed by atoms with Gasteiger partial charge in [0.05, 0.1) is 46.6 Å². The van der Waals surface area contributed by atoms with Crippen molar-refractivity contribution in [3.05, 3.63) is 80.9 Å². The molecule has 2 aromatic rings. The maximum absolute atomic E-state index is 12.7. The van der Waals surface area contributed by atoms with Crippen molar-refractivity contribution in [2.75, 3.05) is 6.61 Å². The molecule has 0 fully saturated rings. The lowest BCUT2D eigenvalue weighted by molar-refractivity contribution is -0.384. The minimum atomic E-state index is -0.828. The van der Waals surface area contributed by atoms with Gasteiger partial charge in [-0.3, -0.25) is 10.1 Å². The van der Waals surface area contributed by atoms with Crippen LogP contribution in [0.1, 0.15) is 31.1 Å². The van der Waals surface area contributed by atoms with Gasteiger partial charge < -0.3 is 14.5 Å². The van der Waals surface area contributed by atoms with Gasteiger partial charge >= 0.3 is 5.97 Å². The second-order valence-electron chi connectivity index (χ2n) is 6.05. The van der Waals surface area contributed by atoms with Gasteiger partial charge in [0.2, 0.25) is 0 Å². The third-order valence-corrected chi connectivity index (χ3v) is 4.36. The number of nitrogens with zero attached hydrogens (tertiary/aromatic N) is 2. The molecule has 3 rings (SSSR count). The highest BCUT2D eigenvalue weighted by Crippen LogP contribution is 2.41. The number of carbonyl (C=O) groups is 1. The van der Waals surface area contributed by atoms with E-state index in [1.54, 1.807) is 32.0 Å². The quantitative estimate of drug-likeness (QED) is 0.478. The number of furan rings is 1. The fourth-order valence-corrected chi connectivity index (χ4v) is 3.19. The Balaban J connectivity index is 2.24. The van der Waals surface area contributed by atoms with E-state index in [-0.39, 0.29) is 23.4 Å². The smallest absolute Gasteiger partial charge is 0.336 e. The molecule has 0 radical (unpaired) electrons. The van der Waals surface area contributed by atoms with E-state index in [2.05, 4.69) is 11.4 Å². The molecular formula is C20H17N3O5. The topological polar surface area (TPSA) is 118 Å². The van der Waals surface area contributed by atoms with Gasteiger partial charge in [0.15, 0.2) is 5.76 Å². The van der Waals surface area contributed by atoms with Crippen LogP contribution in [-0.4, -0.2) is 17.5 Å². The summed E-state index contributed by atoms with van der Waals surface area (Å²) in [5.41, 5.74) is 1.65. The third kappa shape index (κ3) is 3.38. The highest BCUT2D eigenvalue weighted by Gasteiger charge is 2.36. The molecule has 1 atom stereocenters. The second kappa shape index (κ2) is 7.80. The van der Waals surface area contributed by atoms with E-state index in [0.29, 0.717) is 22.7 Å². The standard InChI is InChI=1S/C20H17N3O5/c1-3-27-20(24)17-12(2)22-19(16-8-5-9-28-16)15(11-21)18(17)13-6-4-7-14(10-13)23(25)26/h4-10,18,22H,3H2,1-2H3. The normalized spacial score (nSPS) is 16.4. The summed E-state index contributed by atoms with van der Waals surface area (Å²) in [7, 11) is 0. The van der Waals surface area contributed by atoms with Crippen LogP contribution in [0.15, 0.2) is 63.9 Å². The highest BCUT2D eigenvalue weighted by atomic mass is 16.6. The van der Waals surface area contributed by atoms with Crippen LogP contribution in [0.3, 0.4) is 0 Å². The van der Waals surface area contributed by atoms with E-state index in [4.69, 9.17) is 9.15 Å². The van der Waals surface area contributed by atoms with Crippen molar-refractivity contribution in [2.24, 2.45) is 0 Å². The number of rotatable bonds is 5. The molecule has 142 valence electrons. The Bertz CT molecular complexity index is 1030. The van der Waals surface area contributed by atoms with Gasteiger partial charge in [0, 0.05) is 17.8 Å². The Morgan fingerprint density at radius 2 is 2.18 bits per heavy atom. The number of nitrogens with one attached hydrogen (secondary N) is 1. The van der Waals surface area contributed by atoms with Gasteiger partial charge in [0.25, 0.3) is 5.69 Å². The molecule has 1 aliphatic rings. The first-order chi connectivity index (χ1) is 13.5. The zero-order valence-electron chi connectivity index (χ0n) is 15.3. The molecule has 0 spiro atoms. The van der Waals surface area contributed by atoms with Gasteiger partial charge in [0.1, 0.15) is 0 Å². The number of non-ortho nitro benzene ring substituents is 1. The Labute approximate surface area is 160 Å². The average Bonchev–Trinajstić information content (AvgIpc) is 3.21. The number of hydrogen-bond donors (Lipinski definition) is 1. The van der Waals surface area contributed by atoms with Crippen LogP contribution >= 0.6 is 0 Å². The Morgan fingerprint density at radius 1 is 1.39 bits per heavy atom. The monoisotopic (exact) mass is 379 g/mol. The number of carbonyl (C=O) groups excluding carboxylic acids is 1. The van der Waals surface area contributed by atoms with Gasteiger partial charge in [-0.15, -0.1) is 0 Å². The van der Waals surface area contributed by atoms with Crippen LogP contribution in [-0.2, 0) is 9.53 Å². The molecule has 0 saturated heterocycles. The molecule has 1 unspecified atom stereocenters. The minimum absolute atomic E-state index is 0.131. The predicted octanol–water partition coefficient (Wildman–Crippen LogP) is 3.65. The lowest BCUT2D eigenvalue weighted by atomic mass is 9.80. The van der Waals surface area contributed by atoms with Gasteiger partial charge in [-0.25, -0.2) is 4.79 Å². The maximum Gasteiger partial charge on any atom is 0.336 e. The maximum atomic E-state index is 12.7. The highest BCUT2D eigenvalue weighted by molar-refractivity contribution is 5.95. The third-order valence-electron chi connectivity index (χ3n) is 4.36. The van der Waals surface area contributed by atoms with Crippen LogP contribution in [0.2, 0.25) is 0 Å². The van der Waals surface area contributed by atoms with Crippen molar-refractivity contribution in [2.45, 2.75) is 19.8 Å². The van der Waals surface area contributed by atoms with Crippen LogP contribution in [0.4, 0.5) is 5.69 Å². The van der Waals surface area contributed by atoms with Gasteiger partial charge in [-0.05, 0) is 31.5 Å². The summed E-state index contributed by atoms with van der Waals surface area (Å²) in [5, 5.41) is 24.2. The van der Waals surface area contributed by atoms with E-state index in [1.807, 2.05) is 0 Å². The Hall–Kier alpha value is -3.86. The summed E-state index contributed by atoms with van der Waals surface area (Å²) in [6, 6.07) is 11.4. The van der Waals surface area contributed by atoms with Crippen molar-refractivity contribution in [1.29, 1.82) is 5.26 Å². The fraction of sp³-hybridized carbons (Fsp3) is 0.200. The molecule has 8 heteroatoms. The average molecular weight is 379 g/mol. The summed E-state index contributed by atoms with van der Waals surface area (Å²) in [5.74, 6) is -0.991. The molecule has 0 saturated carbocycles. The van der Waals surface area contributed by atoms with Crippen LogP contribution in [0.25, 0.3) is 5.70 Å². The first-order valence-electron chi connectivity index (χ1n) is 8.55. The van der Waals surface area contributed by atoms with E-state index in [1.165, 1.54) is 24.5 Å². The summed E-state index contributed by atoms with van der Waals surface area (Å²) < 4.78 is 10.6. The first kappa shape index (κ1) is 18.9. The van der Waals surface area contributed by atoms with Gasteiger partial charge in [-0.2, -0.15) is 5.26 Å². The van der Waals surface area contributed by atoms with Crippen LogP contribution in [0.5, 0.6) is 0 Å². The second-order valence-corrected chi connectivity index (χ2v) is 6.05. The van der Waals surface area contributed by atoms with Crippen LogP contribution < -0.4 is 5.32 Å². The molecule has 1 aromatic heterocycles.